The first-order chi connectivity index (χ1) is 7.13. The molecule has 0 fully saturated rings. The molecule has 0 atom stereocenters. The smallest absolute Gasteiger partial charge is 0.335 e. The van der Waals surface area contributed by atoms with E-state index in [0.717, 1.165) is 6.07 Å². The van der Waals surface area contributed by atoms with Gasteiger partial charge in [-0.15, -0.1) is 0 Å². The second kappa shape index (κ2) is 5.21. The minimum Gasteiger partial charge on any atom is -0.508 e. The Morgan fingerprint density at radius 3 is 2.67 bits per heavy atom. The van der Waals surface area contributed by atoms with Crippen molar-refractivity contribution < 1.29 is 24.5 Å². The summed E-state index contributed by atoms with van der Waals surface area (Å²) in [6.45, 7) is 0.705. The van der Waals surface area contributed by atoms with Crippen molar-refractivity contribution in [1.82, 2.24) is 0 Å². The third-order valence-electron chi connectivity index (χ3n) is 1.69. The summed E-state index contributed by atoms with van der Waals surface area (Å²) in [7, 11) is 1.54. The number of carboxylic acid groups (broad SMARTS) is 1. The Balaban J connectivity index is 2.75. The van der Waals surface area contributed by atoms with Gasteiger partial charge in [-0.3, -0.25) is 0 Å². The Morgan fingerprint density at radius 2 is 2.07 bits per heavy atom. The van der Waals surface area contributed by atoms with E-state index in [1.807, 2.05) is 0 Å². The summed E-state index contributed by atoms with van der Waals surface area (Å²) in [4.78, 5) is 10.6. The second-order valence-electron chi connectivity index (χ2n) is 2.86. The van der Waals surface area contributed by atoms with E-state index in [2.05, 4.69) is 0 Å². The van der Waals surface area contributed by atoms with E-state index in [0.29, 0.717) is 19.0 Å². The molecule has 1 rings (SSSR count). The molecular weight excluding hydrogens is 200 g/mol. The van der Waals surface area contributed by atoms with Crippen LogP contribution in [0.25, 0.3) is 0 Å². The Morgan fingerprint density at radius 1 is 1.33 bits per heavy atom. The Labute approximate surface area is 86.9 Å². The number of carboxylic acids is 1. The molecule has 0 saturated heterocycles. The molecular formula is C10H12O5. The second-order valence-corrected chi connectivity index (χ2v) is 2.86. The van der Waals surface area contributed by atoms with E-state index >= 15 is 0 Å². The van der Waals surface area contributed by atoms with Gasteiger partial charge in [-0.25, -0.2) is 4.79 Å². The lowest BCUT2D eigenvalue weighted by Gasteiger charge is -2.06. The minimum absolute atomic E-state index is 0.0117. The molecule has 0 aliphatic rings. The van der Waals surface area contributed by atoms with Gasteiger partial charge in [-0.1, -0.05) is 0 Å². The molecule has 15 heavy (non-hydrogen) atoms. The number of phenolic OH excluding ortho intramolecular Hbond substituents is 1. The number of methoxy groups -OCH3 is 1. The van der Waals surface area contributed by atoms with Crippen molar-refractivity contribution in [1.29, 1.82) is 0 Å². The molecule has 1 aromatic carbocycles. The first-order valence-corrected chi connectivity index (χ1v) is 4.32. The third-order valence-corrected chi connectivity index (χ3v) is 1.69. The van der Waals surface area contributed by atoms with Crippen molar-refractivity contribution in [3.63, 3.8) is 0 Å². The van der Waals surface area contributed by atoms with Crippen LogP contribution in [0.3, 0.4) is 0 Å². The molecule has 82 valence electrons. The standard InChI is InChI=1S/C10H12O5/c1-14-2-3-15-9-5-7(10(12)13)4-8(11)6-9/h4-6,11H,2-3H2,1H3,(H,12,13). The molecule has 5 heteroatoms. The van der Waals surface area contributed by atoms with Gasteiger partial charge in [-0.2, -0.15) is 0 Å². The Kier molecular flexibility index (Phi) is 3.93. The first-order valence-electron chi connectivity index (χ1n) is 4.32. The summed E-state index contributed by atoms with van der Waals surface area (Å²) in [5, 5.41) is 17.9. The molecule has 1 aromatic rings. The van der Waals surface area contributed by atoms with Crippen LogP contribution in [0.2, 0.25) is 0 Å². The minimum atomic E-state index is -1.11. The number of phenols is 1. The van der Waals surface area contributed by atoms with Crippen LogP contribution < -0.4 is 4.74 Å². The van der Waals surface area contributed by atoms with E-state index in [1.54, 1.807) is 0 Å². The highest BCUT2D eigenvalue weighted by molar-refractivity contribution is 5.88. The summed E-state index contributed by atoms with van der Waals surface area (Å²) >= 11 is 0. The average Bonchev–Trinajstić information content (AvgIpc) is 2.17. The fourth-order valence-electron chi connectivity index (χ4n) is 1.03. The lowest BCUT2D eigenvalue weighted by atomic mass is 10.2. The zero-order valence-corrected chi connectivity index (χ0v) is 8.27. The normalized spacial score (nSPS) is 9.93. The van der Waals surface area contributed by atoms with E-state index in [9.17, 15) is 9.90 Å². The van der Waals surface area contributed by atoms with Gasteiger partial charge in [0.25, 0.3) is 0 Å². The molecule has 0 spiro atoms. The fraction of sp³-hybridized carbons (Fsp3) is 0.300. The summed E-state index contributed by atoms with van der Waals surface area (Å²) in [6, 6.07) is 3.85. The largest absolute Gasteiger partial charge is 0.508 e. The number of aromatic carboxylic acids is 1. The summed E-state index contributed by atoms with van der Waals surface area (Å²) in [5.74, 6) is -0.936. The van der Waals surface area contributed by atoms with Crippen molar-refractivity contribution in [2.24, 2.45) is 0 Å². The number of hydrogen-bond donors (Lipinski definition) is 2. The van der Waals surface area contributed by atoms with Crippen LogP contribution in [0, 0.1) is 0 Å². The van der Waals surface area contributed by atoms with E-state index < -0.39 is 5.97 Å². The van der Waals surface area contributed by atoms with Crippen molar-refractivity contribution in [2.45, 2.75) is 0 Å². The maximum Gasteiger partial charge on any atom is 0.335 e. The zero-order chi connectivity index (χ0) is 11.3. The van der Waals surface area contributed by atoms with Crippen LogP contribution in [0.5, 0.6) is 11.5 Å². The number of benzene rings is 1. The molecule has 0 unspecified atom stereocenters. The SMILES string of the molecule is COCCOc1cc(O)cc(C(=O)O)c1. The van der Waals surface area contributed by atoms with Crippen LogP contribution >= 0.6 is 0 Å². The number of aromatic hydroxyl groups is 1. The number of hydrogen-bond acceptors (Lipinski definition) is 4. The first kappa shape index (κ1) is 11.3. The molecule has 5 nitrogen and oxygen atoms in total. The molecule has 0 aliphatic carbocycles. The molecule has 0 radical (unpaired) electrons. The lowest BCUT2D eigenvalue weighted by molar-refractivity contribution is 0.0695. The van der Waals surface area contributed by atoms with E-state index in [4.69, 9.17) is 14.6 Å². The predicted octanol–water partition coefficient (Wildman–Crippen LogP) is 1.12. The van der Waals surface area contributed by atoms with Crippen molar-refractivity contribution >= 4 is 5.97 Å². The van der Waals surface area contributed by atoms with Gasteiger partial charge in [0.1, 0.15) is 18.1 Å². The van der Waals surface area contributed by atoms with E-state index in [-0.39, 0.29) is 11.3 Å². The van der Waals surface area contributed by atoms with Gasteiger partial charge < -0.3 is 19.7 Å². The van der Waals surface area contributed by atoms with Crippen molar-refractivity contribution in [3.8, 4) is 11.5 Å². The van der Waals surface area contributed by atoms with Gasteiger partial charge in [0.15, 0.2) is 0 Å². The lowest BCUT2D eigenvalue weighted by Crippen LogP contribution is -2.05. The van der Waals surface area contributed by atoms with Gasteiger partial charge in [0.05, 0.1) is 12.2 Å². The van der Waals surface area contributed by atoms with Crippen LogP contribution in [0.4, 0.5) is 0 Å². The third kappa shape index (κ3) is 3.47. The molecule has 0 aliphatic heterocycles. The zero-order valence-electron chi connectivity index (χ0n) is 8.27. The van der Waals surface area contributed by atoms with Crippen molar-refractivity contribution in [2.75, 3.05) is 20.3 Å². The molecule has 0 bridgehead atoms. The number of carbonyl (C=O) groups is 1. The Hall–Kier alpha value is -1.75. The quantitative estimate of drug-likeness (QED) is 0.715. The number of rotatable bonds is 5. The van der Waals surface area contributed by atoms with Gasteiger partial charge in [-0.05, 0) is 12.1 Å². The maximum absolute atomic E-state index is 10.6. The van der Waals surface area contributed by atoms with Crippen LogP contribution in [0.15, 0.2) is 18.2 Å². The maximum atomic E-state index is 10.6. The molecule has 2 N–H and O–H groups in total. The van der Waals surface area contributed by atoms with Crippen LogP contribution in [0.1, 0.15) is 10.4 Å². The van der Waals surface area contributed by atoms with Gasteiger partial charge in [0, 0.05) is 13.2 Å². The number of ether oxygens (including phenoxy) is 2. The fourth-order valence-corrected chi connectivity index (χ4v) is 1.03. The summed E-state index contributed by atoms with van der Waals surface area (Å²) in [6.07, 6.45) is 0. The van der Waals surface area contributed by atoms with Gasteiger partial charge >= 0.3 is 5.97 Å². The van der Waals surface area contributed by atoms with Crippen molar-refractivity contribution in [3.05, 3.63) is 23.8 Å². The molecule has 0 heterocycles. The molecule has 0 amide bonds. The molecule has 0 saturated carbocycles. The Bertz CT molecular complexity index is 348. The highest BCUT2D eigenvalue weighted by Gasteiger charge is 2.07. The topological polar surface area (TPSA) is 76.0 Å². The monoisotopic (exact) mass is 212 g/mol. The predicted molar refractivity (Wildman–Crippen MR) is 52.4 cm³/mol. The summed E-state index contributed by atoms with van der Waals surface area (Å²) in [5.41, 5.74) is -0.0117. The highest BCUT2D eigenvalue weighted by atomic mass is 16.5. The average molecular weight is 212 g/mol. The van der Waals surface area contributed by atoms with Gasteiger partial charge in [0.2, 0.25) is 0 Å². The molecule has 0 aromatic heterocycles. The highest BCUT2D eigenvalue weighted by Crippen LogP contribution is 2.21. The van der Waals surface area contributed by atoms with E-state index in [1.165, 1.54) is 19.2 Å². The van der Waals surface area contributed by atoms with Crippen LogP contribution in [-0.2, 0) is 4.74 Å². The summed E-state index contributed by atoms with van der Waals surface area (Å²) < 4.78 is 9.94. The van der Waals surface area contributed by atoms with Crippen LogP contribution in [-0.4, -0.2) is 36.5 Å².